The molecule has 1 N–H and O–H groups in total. The van der Waals surface area contributed by atoms with E-state index in [4.69, 9.17) is 20.9 Å². The predicted octanol–water partition coefficient (Wildman–Crippen LogP) is 9.77. The summed E-state index contributed by atoms with van der Waals surface area (Å²) in [7, 11) is 2.09. The van der Waals surface area contributed by atoms with Gasteiger partial charge in [0.05, 0.1) is 12.1 Å². The van der Waals surface area contributed by atoms with Gasteiger partial charge in [-0.1, -0.05) is 81.2 Å². The van der Waals surface area contributed by atoms with Crippen LogP contribution in [0.1, 0.15) is 85.3 Å². The van der Waals surface area contributed by atoms with Gasteiger partial charge in [0.25, 0.3) is 0 Å². The normalized spacial score (nSPS) is 19.6. The van der Waals surface area contributed by atoms with Crippen molar-refractivity contribution in [2.75, 3.05) is 33.4 Å². The molecule has 1 aliphatic heterocycles. The van der Waals surface area contributed by atoms with Gasteiger partial charge in [-0.3, -0.25) is 4.90 Å². The van der Waals surface area contributed by atoms with Crippen LogP contribution in [0.3, 0.4) is 0 Å². The third-order valence-electron chi connectivity index (χ3n) is 9.04. The number of likely N-dealkylation sites (N-methyl/N-ethyl adjacent to an activating group) is 1. The van der Waals surface area contributed by atoms with Gasteiger partial charge in [-0.25, -0.2) is 9.38 Å². The Hall–Kier alpha value is -3.92. The number of terminal acetylenes is 1. The molecular weight excluding hydrogens is 597 g/mol. The molecule has 2 aromatic carbocycles. The Labute approximate surface area is 289 Å². The van der Waals surface area contributed by atoms with Crippen LogP contribution in [0.5, 0.6) is 0 Å². The highest BCUT2D eigenvalue weighted by Gasteiger charge is 2.41. The lowest BCUT2D eigenvalue weighted by atomic mass is 9.89. The molecule has 3 rings (SSSR count). The predicted molar refractivity (Wildman–Crippen MR) is 203 cm³/mol. The van der Waals surface area contributed by atoms with Gasteiger partial charge >= 0.3 is 0 Å². The zero-order valence-corrected chi connectivity index (χ0v) is 30.5. The maximum Gasteiger partial charge on any atom is 0.185 e. The zero-order chi connectivity index (χ0) is 35.4. The summed E-state index contributed by atoms with van der Waals surface area (Å²) in [6, 6.07) is 11.3. The van der Waals surface area contributed by atoms with Crippen LogP contribution in [-0.2, 0) is 9.47 Å². The van der Waals surface area contributed by atoms with Gasteiger partial charge in [-0.05, 0) is 88.7 Å². The minimum absolute atomic E-state index is 0.161. The molecular formula is C42H56FN3O2. The van der Waals surface area contributed by atoms with E-state index in [9.17, 15) is 0 Å². The van der Waals surface area contributed by atoms with Crippen LogP contribution in [0.2, 0.25) is 0 Å². The van der Waals surface area contributed by atoms with Gasteiger partial charge in [0.2, 0.25) is 0 Å². The standard InChI is InChI=1S/C42H56FN3O2/c1-12-22-44-32(9)39(38(15-4)47-27-30(7)13-2)41(37(43)23-36-21-17-20-35-19-16-18-34(14-3)40(35)36)45-33(10)48-28-42(24-29(5)6)25-31(8)26-46(42)11/h3,15-21,23,30,32,44H,5,8,12-13,22,24-28H2,1-2,4,6-7,9-11H3/b37-23-,38-15-,41-39+,45-33+/t30-,32?,42?/m0/s1. The highest BCUT2D eigenvalue weighted by molar-refractivity contribution is 5.95. The van der Waals surface area contributed by atoms with Gasteiger partial charge in [0.15, 0.2) is 5.90 Å². The summed E-state index contributed by atoms with van der Waals surface area (Å²) >= 11 is 0. The first kappa shape index (κ1) is 38.5. The Bertz CT molecular complexity index is 1620. The van der Waals surface area contributed by atoms with Crippen LogP contribution in [0.4, 0.5) is 4.39 Å². The Morgan fingerprint density at radius 3 is 2.48 bits per heavy atom. The number of allylic oxidation sites excluding steroid dienone is 2. The fourth-order valence-electron chi connectivity index (χ4n) is 6.28. The average molecular weight is 654 g/mol. The molecule has 1 fully saturated rings. The number of nitrogens with zero attached hydrogens (tertiary/aromatic N) is 2. The monoisotopic (exact) mass is 653 g/mol. The zero-order valence-electron chi connectivity index (χ0n) is 30.5. The smallest absolute Gasteiger partial charge is 0.185 e. The minimum atomic E-state index is -0.507. The minimum Gasteiger partial charge on any atom is -0.493 e. The molecule has 0 saturated carbocycles. The highest BCUT2D eigenvalue weighted by atomic mass is 19.1. The van der Waals surface area contributed by atoms with E-state index in [0.29, 0.717) is 47.5 Å². The molecule has 0 amide bonds. The number of ether oxygens (including phenoxy) is 2. The van der Waals surface area contributed by atoms with Crippen LogP contribution >= 0.6 is 0 Å². The first-order chi connectivity index (χ1) is 22.9. The van der Waals surface area contributed by atoms with E-state index in [-0.39, 0.29) is 17.3 Å². The van der Waals surface area contributed by atoms with E-state index in [2.05, 4.69) is 57.1 Å². The Morgan fingerprint density at radius 2 is 1.90 bits per heavy atom. The van der Waals surface area contributed by atoms with E-state index in [0.717, 1.165) is 60.7 Å². The maximum absolute atomic E-state index is 17.1. The van der Waals surface area contributed by atoms with Gasteiger partial charge in [0.1, 0.15) is 23.9 Å². The van der Waals surface area contributed by atoms with Crippen molar-refractivity contribution in [1.82, 2.24) is 10.2 Å². The van der Waals surface area contributed by atoms with Crippen molar-refractivity contribution in [3.8, 4) is 12.3 Å². The van der Waals surface area contributed by atoms with Crippen LogP contribution in [-0.4, -0.2) is 55.7 Å². The number of halogens is 1. The first-order valence-electron chi connectivity index (χ1n) is 17.2. The lowest BCUT2D eigenvalue weighted by Crippen LogP contribution is -2.46. The van der Waals surface area contributed by atoms with Gasteiger partial charge in [0, 0.05) is 36.0 Å². The number of aliphatic imine (C=N–C) groups is 1. The fourth-order valence-corrected chi connectivity index (χ4v) is 6.28. The second-order valence-corrected chi connectivity index (χ2v) is 13.4. The molecule has 0 aliphatic carbocycles. The molecule has 2 unspecified atom stereocenters. The molecule has 48 heavy (non-hydrogen) atoms. The van der Waals surface area contributed by atoms with Crippen LogP contribution < -0.4 is 5.32 Å². The molecule has 258 valence electrons. The van der Waals surface area contributed by atoms with Crippen LogP contribution in [0.25, 0.3) is 16.8 Å². The number of rotatable bonds is 16. The molecule has 5 nitrogen and oxygen atoms in total. The Morgan fingerprint density at radius 1 is 1.19 bits per heavy atom. The summed E-state index contributed by atoms with van der Waals surface area (Å²) in [5.41, 5.74) is 4.10. The maximum atomic E-state index is 17.1. The van der Waals surface area contributed by atoms with Crippen molar-refractivity contribution >= 4 is 22.7 Å². The quantitative estimate of drug-likeness (QED) is 0.0489. The van der Waals surface area contributed by atoms with E-state index < -0.39 is 5.83 Å². The number of hydrogen-bond acceptors (Lipinski definition) is 5. The van der Waals surface area contributed by atoms with Gasteiger partial charge in [-0.2, -0.15) is 0 Å². The topological polar surface area (TPSA) is 46.1 Å². The van der Waals surface area contributed by atoms with Gasteiger partial charge in [-0.15, -0.1) is 13.0 Å². The lowest BCUT2D eigenvalue weighted by Gasteiger charge is -2.36. The molecule has 2 aromatic rings. The molecule has 1 aliphatic rings. The van der Waals surface area contributed by atoms with Crippen LogP contribution in [0, 0.1) is 18.3 Å². The fraction of sp³-hybridized carbons (Fsp3) is 0.452. The van der Waals surface area contributed by atoms with Crippen molar-refractivity contribution in [1.29, 1.82) is 0 Å². The van der Waals surface area contributed by atoms with Crippen LogP contribution in [0.15, 0.2) is 94.6 Å². The number of likely N-dealkylation sites (tertiary alicyclic amines) is 1. The van der Waals surface area contributed by atoms with Crippen molar-refractivity contribution in [3.05, 3.63) is 101 Å². The van der Waals surface area contributed by atoms with E-state index in [1.165, 1.54) is 6.08 Å². The highest BCUT2D eigenvalue weighted by Crippen LogP contribution is 2.37. The summed E-state index contributed by atoms with van der Waals surface area (Å²) in [5.74, 6) is 3.55. The average Bonchev–Trinajstić information content (AvgIpc) is 3.34. The second-order valence-electron chi connectivity index (χ2n) is 13.4. The van der Waals surface area contributed by atoms with Crippen molar-refractivity contribution in [2.24, 2.45) is 10.9 Å². The van der Waals surface area contributed by atoms with Crippen molar-refractivity contribution in [2.45, 2.75) is 85.7 Å². The summed E-state index contributed by atoms with van der Waals surface area (Å²) in [5, 5.41) is 5.31. The molecule has 0 radical (unpaired) electrons. The lowest BCUT2D eigenvalue weighted by molar-refractivity contribution is 0.0903. The molecule has 6 heteroatoms. The Balaban J connectivity index is 2.25. The molecule has 0 aromatic heterocycles. The second kappa shape index (κ2) is 18.0. The first-order valence-corrected chi connectivity index (χ1v) is 17.2. The third-order valence-corrected chi connectivity index (χ3v) is 9.04. The molecule has 1 saturated heterocycles. The Kier molecular flexibility index (Phi) is 14.5. The summed E-state index contributed by atoms with van der Waals surface area (Å²) in [6.07, 6.45) is 12.8. The number of nitrogens with one attached hydrogen (secondary N) is 1. The molecule has 3 atom stereocenters. The summed E-state index contributed by atoms with van der Waals surface area (Å²) < 4.78 is 29.9. The third kappa shape index (κ3) is 9.81. The summed E-state index contributed by atoms with van der Waals surface area (Å²) in [6.45, 7) is 25.0. The van der Waals surface area contributed by atoms with Gasteiger partial charge < -0.3 is 14.8 Å². The molecule has 0 bridgehead atoms. The van der Waals surface area contributed by atoms with E-state index in [1.807, 2.05) is 63.2 Å². The van der Waals surface area contributed by atoms with E-state index in [1.54, 1.807) is 6.92 Å². The van der Waals surface area contributed by atoms with Crippen molar-refractivity contribution < 1.29 is 13.9 Å². The number of benzene rings is 2. The number of fused-ring (bicyclic) bond motifs is 1. The SMILES string of the molecule is C#Cc1cccc2cccc(/C=C(F)/C(/N=C(\C)OCC3(CC(=C)C)CC(=C)CN3C)=C(\C(=C\C)OC[C@@H](C)CC)C(C)NCCC)c12. The number of hydrogen-bond donors (Lipinski definition) is 1. The van der Waals surface area contributed by atoms with Crippen molar-refractivity contribution in [3.63, 3.8) is 0 Å². The summed E-state index contributed by atoms with van der Waals surface area (Å²) in [4.78, 5) is 7.20. The molecule has 1 heterocycles. The van der Waals surface area contributed by atoms with E-state index >= 15 is 4.39 Å². The largest absolute Gasteiger partial charge is 0.493 e. The molecule has 0 spiro atoms.